The number of carbonyl (C=O) groups is 1. The zero-order chi connectivity index (χ0) is 14.5. The molecule has 3 nitrogen and oxygen atoms in total. The Morgan fingerprint density at radius 2 is 2.30 bits per heavy atom. The molecule has 0 aliphatic rings. The Hall–Kier alpha value is -1.81. The highest BCUT2D eigenvalue weighted by Crippen LogP contribution is 2.35. The van der Waals surface area contributed by atoms with Crippen LogP contribution in [-0.4, -0.2) is 19.6 Å². The number of nitrogens with one attached hydrogen (secondary N) is 1. The molecule has 2 aromatic rings. The number of benzene rings is 1. The zero-order valence-corrected chi connectivity index (χ0v) is 12.7. The summed E-state index contributed by atoms with van der Waals surface area (Å²) < 4.78 is 6.71. The van der Waals surface area contributed by atoms with E-state index < -0.39 is 0 Å². The molecule has 1 N–H and O–H groups in total. The molecule has 0 aliphatic heterocycles. The largest absolute Gasteiger partial charge is 0.496 e. The van der Waals surface area contributed by atoms with Gasteiger partial charge in [0.15, 0.2) is 0 Å². The maximum absolute atomic E-state index is 11.0. The van der Waals surface area contributed by atoms with Crippen LogP contribution in [0.1, 0.15) is 18.1 Å². The molecular weight excluding hydrogens is 270 g/mol. The number of methoxy groups -OCH3 is 1. The molecule has 1 aromatic heterocycles. The summed E-state index contributed by atoms with van der Waals surface area (Å²) in [6.45, 7) is 6.03. The Balaban J connectivity index is 2.39. The molecule has 1 aromatic carbocycles. The second-order valence-electron chi connectivity index (χ2n) is 4.61. The van der Waals surface area contributed by atoms with Crippen LogP contribution in [0, 0.1) is 0 Å². The summed E-state index contributed by atoms with van der Waals surface area (Å²) in [6.07, 6.45) is 3.51. The molecule has 20 heavy (non-hydrogen) atoms. The number of ether oxygens (including phenoxy) is 1. The molecule has 1 heterocycles. The molecule has 0 unspecified atom stereocenters. The normalized spacial score (nSPS) is 10.5. The topological polar surface area (TPSA) is 38.3 Å². The standard InChI is InChI=1S/C16H19NO2S/c1-4-5-13-14(19-3)6-7-15-16(13)12(10-20-15)8-9-17-11(2)18/h4,6-7,10H,1,5,8-9H2,2-3H3,(H,17,18). The maximum atomic E-state index is 11.0. The lowest BCUT2D eigenvalue weighted by molar-refractivity contribution is -0.118. The first-order valence-electron chi connectivity index (χ1n) is 6.58. The van der Waals surface area contributed by atoms with Crippen molar-refractivity contribution in [1.82, 2.24) is 5.32 Å². The van der Waals surface area contributed by atoms with Crippen LogP contribution in [0.2, 0.25) is 0 Å². The molecule has 0 aliphatic carbocycles. The highest BCUT2D eigenvalue weighted by atomic mass is 32.1. The SMILES string of the molecule is C=CCc1c(OC)ccc2scc(CCNC(C)=O)c12. The highest BCUT2D eigenvalue weighted by molar-refractivity contribution is 7.17. The van der Waals surface area contributed by atoms with Crippen molar-refractivity contribution in [1.29, 1.82) is 0 Å². The fourth-order valence-corrected chi connectivity index (χ4v) is 3.37. The first-order valence-corrected chi connectivity index (χ1v) is 7.46. The van der Waals surface area contributed by atoms with Gasteiger partial charge in [-0.15, -0.1) is 17.9 Å². The third-order valence-electron chi connectivity index (χ3n) is 3.22. The number of thiophene rings is 1. The Labute approximate surface area is 123 Å². The Bertz CT molecular complexity index is 631. The van der Waals surface area contributed by atoms with Crippen molar-refractivity contribution >= 4 is 27.3 Å². The van der Waals surface area contributed by atoms with E-state index in [4.69, 9.17) is 4.74 Å². The van der Waals surface area contributed by atoms with E-state index in [2.05, 4.69) is 23.3 Å². The van der Waals surface area contributed by atoms with Crippen LogP contribution in [-0.2, 0) is 17.6 Å². The van der Waals surface area contributed by atoms with E-state index in [1.807, 2.05) is 12.1 Å². The third kappa shape index (κ3) is 3.02. The predicted octanol–water partition coefficient (Wildman–Crippen LogP) is 3.32. The number of hydrogen-bond acceptors (Lipinski definition) is 3. The van der Waals surface area contributed by atoms with Gasteiger partial charge in [-0.25, -0.2) is 0 Å². The van der Waals surface area contributed by atoms with Crippen LogP contribution in [0.15, 0.2) is 30.2 Å². The number of allylic oxidation sites excluding steroid dienone is 1. The van der Waals surface area contributed by atoms with Gasteiger partial charge in [0, 0.05) is 29.1 Å². The Kier molecular flexibility index (Phi) is 4.79. The number of rotatable bonds is 6. The van der Waals surface area contributed by atoms with Gasteiger partial charge < -0.3 is 10.1 Å². The number of amides is 1. The summed E-state index contributed by atoms with van der Waals surface area (Å²) in [4.78, 5) is 11.0. The summed E-state index contributed by atoms with van der Waals surface area (Å²) in [5.41, 5.74) is 2.44. The molecule has 0 fully saturated rings. The lowest BCUT2D eigenvalue weighted by Gasteiger charge is -2.10. The van der Waals surface area contributed by atoms with E-state index in [1.54, 1.807) is 18.4 Å². The van der Waals surface area contributed by atoms with Crippen molar-refractivity contribution in [2.75, 3.05) is 13.7 Å². The number of fused-ring (bicyclic) bond motifs is 1. The van der Waals surface area contributed by atoms with Crippen molar-refractivity contribution in [3.05, 3.63) is 41.3 Å². The molecule has 2 rings (SSSR count). The van der Waals surface area contributed by atoms with Gasteiger partial charge in [0.2, 0.25) is 5.91 Å². The van der Waals surface area contributed by atoms with E-state index in [-0.39, 0.29) is 5.91 Å². The summed E-state index contributed by atoms with van der Waals surface area (Å²) in [6, 6.07) is 4.10. The zero-order valence-electron chi connectivity index (χ0n) is 11.9. The van der Waals surface area contributed by atoms with Gasteiger partial charge in [0.1, 0.15) is 5.75 Å². The molecule has 0 spiro atoms. The summed E-state index contributed by atoms with van der Waals surface area (Å²) in [5, 5.41) is 6.26. The first kappa shape index (κ1) is 14.6. The second kappa shape index (κ2) is 6.57. The van der Waals surface area contributed by atoms with Crippen LogP contribution in [0.3, 0.4) is 0 Å². The fraction of sp³-hybridized carbons (Fsp3) is 0.312. The van der Waals surface area contributed by atoms with Gasteiger partial charge >= 0.3 is 0 Å². The molecular formula is C16H19NO2S. The molecule has 0 bridgehead atoms. The minimum absolute atomic E-state index is 0.00781. The molecule has 0 saturated heterocycles. The lowest BCUT2D eigenvalue weighted by Crippen LogP contribution is -2.22. The molecule has 0 saturated carbocycles. The highest BCUT2D eigenvalue weighted by Gasteiger charge is 2.12. The van der Waals surface area contributed by atoms with Crippen molar-refractivity contribution in [2.45, 2.75) is 19.8 Å². The van der Waals surface area contributed by atoms with Crippen molar-refractivity contribution in [2.24, 2.45) is 0 Å². The lowest BCUT2D eigenvalue weighted by atomic mass is 10.0. The third-order valence-corrected chi connectivity index (χ3v) is 4.21. The smallest absolute Gasteiger partial charge is 0.216 e. The van der Waals surface area contributed by atoms with E-state index in [1.165, 1.54) is 28.1 Å². The minimum Gasteiger partial charge on any atom is -0.496 e. The Morgan fingerprint density at radius 3 is 2.95 bits per heavy atom. The van der Waals surface area contributed by atoms with Crippen LogP contribution < -0.4 is 10.1 Å². The van der Waals surface area contributed by atoms with Gasteiger partial charge in [-0.05, 0) is 35.9 Å². The molecule has 0 atom stereocenters. The number of hydrogen-bond donors (Lipinski definition) is 1. The van der Waals surface area contributed by atoms with Crippen LogP contribution in [0.5, 0.6) is 5.75 Å². The van der Waals surface area contributed by atoms with E-state index in [9.17, 15) is 4.79 Å². The predicted molar refractivity (Wildman–Crippen MR) is 84.7 cm³/mol. The van der Waals surface area contributed by atoms with Crippen molar-refractivity contribution in [3.63, 3.8) is 0 Å². The summed E-state index contributed by atoms with van der Waals surface area (Å²) >= 11 is 1.73. The summed E-state index contributed by atoms with van der Waals surface area (Å²) in [5.74, 6) is 0.907. The van der Waals surface area contributed by atoms with Crippen LogP contribution in [0.4, 0.5) is 0 Å². The molecule has 1 amide bonds. The van der Waals surface area contributed by atoms with Gasteiger partial charge in [0.05, 0.1) is 7.11 Å². The average Bonchev–Trinajstić information content (AvgIpc) is 2.83. The van der Waals surface area contributed by atoms with Gasteiger partial charge in [-0.2, -0.15) is 0 Å². The first-order chi connectivity index (χ1) is 9.67. The average molecular weight is 289 g/mol. The summed E-state index contributed by atoms with van der Waals surface area (Å²) in [7, 11) is 1.69. The number of carbonyl (C=O) groups excluding carboxylic acids is 1. The van der Waals surface area contributed by atoms with Crippen molar-refractivity contribution in [3.8, 4) is 5.75 Å². The van der Waals surface area contributed by atoms with Gasteiger partial charge in [-0.1, -0.05) is 6.08 Å². The van der Waals surface area contributed by atoms with Gasteiger partial charge in [-0.3, -0.25) is 4.79 Å². The minimum atomic E-state index is 0.00781. The van der Waals surface area contributed by atoms with E-state index in [0.717, 1.165) is 18.6 Å². The van der Waals surface area contributed by atoms with Gasteiger partial charge in [0.25, 0.3) is 0 Å². The monoisotopic (exact) mass is 289 g/mol. The molecule has 106 valence electrons. The molecule has 0 radical (unpaired) electrons. The Morgan fingerprint density at radius 1 is 1.50 bits per heavy atom. The maximum Gasteiger partial charge on any atom is 0.216 e. The van der Waals surface area contributed by atoms with Crippen molar-refractivity contribution < 1.29 is 9.53 Å². The van der Waals surface area contributed by atoms with E-state index in [0.29, 0.717) is 6.54 Å². The molecule has 4 heteroatoms. The van der Waals surface area contributed by atoms with Crippen LogP contribution in [0.25, 0.3) is 10.1 Å². The fourth-order valence-electron chi connectivity index (χ4n) is 2.35. The van der Waals surface area contributed by atoms with Crippen LogP contribution >= 0.6 is 11.3 Å². The van der Waals surface area contributed by atoms with E-state index >= 15 is 0 Å². The quantitative estimate of drug-likeness (QED) is 0.829. The second-order valence-corrected chi connectivity index (χ2v) is 5.52.